The molecular weight excluding hydrogens is 249 g/mol. The summed E-state index contributed by atoms with van der Waals surface area (Å²) >= 11 is 0. The number of nitrogens with one attached hydrogen (secondary N) is 2. The zero-order valence-corrected chi connectivity index (χ0v) is 11.0. The van der Waals surface area contributed by atoms with Gasteiger partial charge in [-0.2, -0.15) is 0 Å². The summed E-state index contributed by atoms with van der Waals surface area (Å²) in [4.78, 5) is 3.82. The molecule has 0 amide bonds. The molecule has 6 heteroatoms. The van der Waals surface area contributed by atoms with Gasteiger partial charge in [-0.25, -0.2) is 4.39 Å². The van der Waals surface area contributed by atoms with Crippen molar-refractivity contribution in [2.75, 3.05) is 32.1 Å². The highest BCUT2D eigenvalue weighted by molar-refractivity contribution is 5.49. The molecule has 1 aromatic rings. The SMILES string of the molecule is CNc1cncc(F)c1CC[C@@H]1CN[C@H](CO)CO1. The number of pyridine rings is 1. The van der Waals surface area contributed by atoms with Crippen molar-refractivity contribution in [2.24, 2.45) is 0 Å². The van der Waals surface area contributed by atoms with Gasteiger partial charge in [-0.1, -0.05) is 0 Å². The number of aliphatic hydroxyl groups excluding tert-OH is 1. The lowest BCUT2D eigenvalue weighted by Crippen LogP contribution is -2.48. The fourth-order valence-corrected chi connectivity index (χ4v) is 2.21. The topological polar surface area (TPSA) is 66.4 Å². The van der Waals surface area contributed by atoms with E-state index in [1.807, 2.05) is 0 Å². The molecule has 0 spiro atoms. The largest absolute Gasteiger partial charge is 0.395 e. The molecule has 0 unspecified atom stereocenters. The normalized spacial score (nSPS) is 23.3. The van der Waals surface area contributed by atoms with Crippen LogP contribution < -0.4 is 10.6 Å². The first kappa shape index (κ1) is 14.2. The van der Waals surface area contributed by atoms with Crippen LogP contribution in [0.3, 0.4) is 0 Å². The Bertz CT molecular complexity index is 409. The van der Waals surface area contributed by atoms with E-state index < -0.39 is 0 Å². The van der Waals surface area contributed by atoms with Gasteiger partial charge in [0.25, 0.3) is 0 Å². The molecule has 1 fully saturated rings. The number of aliphatic hydroxyl groups is 1. The third kappa shape index (κ3) is 3.62. The first-order valence-electron chi connectivity index (χ1n) is 6.50. The van der Waals surface area contributed by atoms with Gasteiger partial charge in [0.2, 0.25) is 0 Å². The lowest BCUT2D eigenvalue weighted by molar-refractivity contribution is -0.0118. The van der Waals surface area contributed by atoms with Gasteiger partial charge in [-0.05, 0) is 12.8 Å². The summed E-state index contributed by atoms with van der Waals surface area (Å²) < 4.78 is 19.4. The molecule has 2 rings (SSSR count). The van der Waals surface area contributed by atoms with Crippen molar-refractivity contribution in [3.8, 4) is 0 Å². The van der Waals surface area contributed by atoms with E-state index >= 15 is 0 Å². The molecule has 0 radical (unpaired) electrons. The van der Waals surface area contributed by atoms with Gasteiger partial charge in [-0.15, -0.1) is 0 Å². The van der Waals surface area contributed by atoms with Crippen LogP contribution in [0.2, 0.25) is 0 Å². The van der Waals surface area contributed by atoms with Gasteiger partial charge in [0.15, 0.2) is 0 Å². The first-order valence-corrected chi connectivity index (χ1v) is 6.50. The van der Waals surface area contributed by atoms with E-state index in [0.717, 1.165) is 12.1 Å². The van der Waals surface area contributed by atoms with Crippen LogP contribution in [0.15, 0.2) is 12.4 Å². The van der Waals surface area contributed by atoms with Crippen LogP contribution in [0.4, 0.5) is 10.1 Å². The monoisotopic (exact) mass is 269 g/mol. The maximum absolute atomic E-state index is 13.7. The molecule has 0 aromatic carbocycles. The fourth-order valence-electron chi connectivity index (χ4n) is 2.21. The molecule has 2 atom stereocenters. The summed E-state index contributed by atoms with van der Waals surface area (Å²) in [7, 11) is 1.75. The van der Waals surface area contributed by atoms with Crippen molar-refractivity contribution in [3.05, 3.63) is 23.8 Å². The van der Waals surface area contributed by atoms with Crippen LogP contribution in [-0.2, 0) is 11.2 Å². The molecule has 0 aliphatic carbocycles. The first-order chi connectivity index (χ1) is 9.24. The summed E-state index contributed by atoms with van der Waals surface area (Å²) in [5.74, 6) is -0.288. The van der Waals surface area contributed by atoms with Crippen LogP contribution in [0, 0.1) is 5.82 Å². The van der Waals surface area contributed by atoms with Crippen LogP contribution >= 0.6 is 0 Å². The Balaban J connectivity index is 1.89. The van der Waals surface area contributed by atoms with Gasteiger partial charge in [0, 0.05) is 19.2 Å². The standard InChI is InChI=1S/C13H20FN3O2/c1-15-13-6-16-5-12(14)11(13)3-2-10-4-17-9(7-18)8-19-10/h5-6,9-10,15,17-18H,2-4,7-8H2,1H3/t9-,10-/m1/s1. The fraction of sp³-hybridized carbons (Fsp3) is 0.615. The molecule has 1 aliphatic rings. The summed E-state index contributed by atoms with van der Waals surface area (Å²) in [6.45, 7) is 1.27. The second kappa shape index (κ2) is 6.79. The molecule has 3 N–H and O–H groups in total. The van der Waals surface area contributed by atoms with E-state index in [4.69, 9.17) is 9.84 Å². The van der Waals surface area contributed by atoms with E-state index in [0.29, 0.717) is 25.1 Å². The maximum Gasteiger partial charge on any atom is 0.146 e. The Morgan fingerprint density at radius 2 is 2.42 bits per heavy atom. The average Bonchev–Trinajstić information content (AvgIpc) is 2.46. The molecule has 19 heavy (non-hydrogen) atoms. The maximum atomic E-state index is 13.7. The summed E-state index contributed by atoms with van der Waals surface area (Å²) in [5.41, 5.74) is 1.36. The van der Waals surface area contributed by atoms with Gasteiger partial charge in [-0.3, -0.25) is 4.98 Å². The Kier molecular flexibility index (Phi) is 5.07. The van der Waals surface area contributed by atoms with Gasteiger partial charge in [0.1, 0.15) is 5.82 Å². The summed E-state index contributed by atoms with van der Waals surface area (Å²) in [5, 5.41) is 15.1. The van der Waals surface area contributed by atoms with Crippen LogP contribution in [0.1, 0.15) is 12.0 Å². The number of morpholine rings is 1. The zero-order valence-electron chi connectivity index (χ0n) is 11.0. The highest BCUT2D eigenvalue weighted by atomic mass is 19.1. The van der Waals surface area contributed by atoms with Crippen molar-refractivity contribution in [1.29, 1.82) is 0 Å². The molecule has 1 aromatic heterocycles. The van der Waals surface area contributed by atoms with Crippen LogP contribution in [-0.4, -0.2) is 49.0 Å². The third-order valence-electron chi connectivity index (χ3n) is 3.38. The molecule has 0 bridgehead atoms. The van der Waals surface area contributed by atoms with Gasteiger partial charge < -0.3 is 20.5 Å². The Morgan fingerprint density at radius 3 is 3.05 bits per heavy atom. The number of aromatic nitrogens is 1. The van der Waals surface area contributed by atoms with Crippen LogP contribution in [0.25, 0.3) is 0 Å². The van der Waals surface area contributed by atoms with E-state index in [1.54, 1.807) is 13.2 Å². The molecule has 106 valence electrons. The number of hydrogen-bond donors (Lipinski definition) is 3. The Labute approximate surface area is 112 Å². The number of nitrogens with zero attached hydrogens (tertiary/aromatic N) is 1. The average molecular weight is 269 g/mol. The van der Waals surface area contributed by atoms with Crippen molar-refractivity contribution >= 4 is 5.69 Å². The number of anilines is 1. The van der Waals surface area contributed by atoms with Gasteiger partial charge in [0.05, 0.1) is 43.4 Å². The molecule has 1 saturated heterocycles. The van der Waals surface area contributed by atoms with Crippen molar-refractivity contribution < 1.29 is 14.2 Å². The second-order valence-electron chi connectivity index (χ2n) is 4.68. The minimum Gasteiger partial charge on any atom is -0.395 e. The molecule has 2 heterocycles. The Hall–Kier alpha value is -1.24. The van der Waals surface area contributed by atoms with Crippen LogP contribution in [0.5, 0.6) is 0 Å². The number of halogens is 1. The molecular formula is C13H20FN3O2. The van der Waals surface area contributed by atoms with E-state index in [9.17, 15) is 4.39 Å². The molecule has 1 aliphatic heterocycles. The lowest BCUT2D eigenvalue weighted by atomic mass is 10.0. The van der Waals surface area contributed by atoms with E-state index in [2.05, 4.69) is 15.6 Å². The van der Waals surface area contributed by atoms with E-state index in [-0.39, 0.29) is 24.6 Å². The second-order valence-corrected chi connectivity index (χ2v) is 4.68. The van der Waals surface area contributed by atoms with Gasteiger partial charge >= 0.3 is 0 Å². The van der Waals surface area contributed by atoms with Crippen molar-refractivity contribution in [2.45, 2.75) is 25.0 Å². The Morgan fingerprint density at radius 1 is 1.58 bits per heavy atom. The van der Waals surface area contributed by atoms with E-state index in [1.165, 1.54) is 6.20 Å². The van der Waals surface area contributed by atoms with Crippen molar-refractivity contribution in [1.82, 2.24) is 10.3 Å². The lowest BCUT2D eigenvalue weighted by Gasteiger charge is -2.29. The number of rotatable bonds is 5. The predicted octanol–water partition coefficient (Wildman–Crippen LogP) is 0.544. The summed E-state index contributed by atoms with van der Waals surface area (Å²) in [6, 6.07) is 0.0155. The predicted molar refractivity (Wildman–Crippen MR) is 70.7 cm³/mol. The minimum absolute atomic E-state index is 0.0155. The molecule has 0 saturated carbocycles. The molecule has 5 nitrogen and oxygen atoms in total. The quantitative estimate of drug-likeness (QED) is 0.728. The summed E-state index contributed by atoms with van der Waals surface area (Å²) in [6.07, 6.45) is 4.25. The third-order valence-corrected chi connectivity index (χ3v) is 3.38. The minimum atomic E-state index is -0.288. The number of hydrogen-bond acceptors (Lipinski definition) is 5. The highest BCUT2D eigenvalue weighted by Crippen LogP contribution is 2.20. The number of ether oxygens (including phenoxy) is 1. The highest BCUT2D eigenvalue weighted by Gasteiger charge is 2.21. The smallest absolute Gasteiger partial charge is 0.146 e. The van der Waals surface area contributed by atoms with Crippen molar-refractivity contribution in [3.63, 3.8) is 0 Å². The zero-order chi connectivity index (χ0) is 13.7.